The first-order chi connectivity index (χ1) is 7.86. The fraction of sp³-hybridized carbons (Fsp3) is 0.462. The molecule has 1 N–H and O–H groups in total. The molecule has 1 unspecified atom stereocenters. The number of aromatic nitrogens is 1. The summed E-state index contributed by atoms with van der Waals surface area (Å²) in [5, 5.41) is 3.47. The predicted octanol–water partition coefficient (Wildman–Crippen LogP) is 2.42. The highest BCUT2D eigenvalue weighted by Gasteiger charge is 2.12. The van der Waals surface area contributed by atoms with Gasteiger partial charge < -0.3 is 10.1 Å². The largest absolute Gasteiger partial charge is 0.497 e. The molecule has 0 amide bonds. The maximum Gasteiger partial charge on any atom is 0.110 e. The average Bonchev–Trinajstić information content (AvgIpc) is 2.38. The van der Waals surface area contributed by atoms with E-state index in [9.17, 15) is 0 Å². The van der Waals surface area contributed by atoms with Crippen molar-refractivity contribution >= 4 is 0 Å². The van der Waals surface area contributed by atoms with Crippen LogP contribution in [0.1, 0.15) is 31.4 Å². The smallest absolute Gasteiger partial charge is 0.110 e. The monoisotopic (exact) mass is 218 g/mol. The molecule has 0 saturated carbocycles. The Hall–Kier alpha value is -1.35. The van der Waals surface area contributed by atoms with Gasteiger partial charge in [-0.2, -0.15) is 0 Å². The Morgan fingerprint density at radius 3 is 3.25 bits per heavy atom. The van der Waals surface area contributed by atoms with Crippen LogP contribution in [0, 0.1) is 0 Å². The molecule has 2 atom stereocenters. The molecule has 0 aromatic carbocycles. The van der Waals surface area contributed by atoms with Gasteiger partial charge in [-0.1, -0.05) is 6.07 Å². The molecule has 1 aliphatic heterocycles. The van der Waals surface area contributed by atoms with E-state index in [4.69, 9.17) is 4.74 Å². The Kier molecular flexibility index (Phi) is 3.94. The lowest BCUT2D eigenvalue weighted by Gasteiger charge is -2.22. The summed E-state index contributed by atoms with van der Waals surface area (Å²) in [6, 6.07) is 4.38. The van der Waals surface area contributed by atoms with Gasteiger partial charge in [-0.15, -0.1) is 0 Å². The third-order valence-corrected chi connectivity index (χ3v) is 2.86. The number of ether oxygens (including phenoxy) is 1. The number of hydrogen-bond acceptors (Lipinski definition) is 3. The van der Waals surface area contributed by atoms with Crippen LogP contribution in [0.25, 0.3) is 0 Å². The lowest BCUT2D eigenvalue weighted by Crippen LogP contribution is -2.31. The first-order valence-electron chi connectivity index (χ1n) is 5.80. The summed E-state index contributed by atoms with van der Waals surface area (Å²) in [6.07, 6.45) is 10.1. The molecule has 1 aromatic rings. The highest BCUT2D eigenvalue weighted by Crippen LogP contribution is 2.13. The molecule has 0 saturated heterocycles. The number of nitrogens with zero attached hydrogens (tertiary/aromatic N) is 1. The van der Waals surface area contributed by atoms with E-state index >= 15 is 0 Å². The molecular formula is C13H18N2O. The SMILES string of the molecule is C[C@@H](NCC1CCC=CO1)c1cccnc1. The Bertz CT molecular complexity index is 337. The van der Waals surface area contributed by atoms with Crippen LogP contribution in [0.2, 0.25) is 0 Å². The standard InChI is InChI=1S/C13H18N2O/c1-11(12-5-4-7-14-9-12)15-10-13-6-2-3-8-16-13/h3-5,7-9,11,13,15H,2,6,10H2,1H3/t11-,13?/m1/s1. The van der Waals surface area contributed by atoms with Crippen molar-refractivity contribution in [1.82, 2.24) is 10.3 Å². The van der Waals surface area contributed by atoms with E-state index in [1.54, 1.807) is 6.20 Å². The van der Waals surface area contributed by atoms with Crippen molar-refractivity contribution in [3.05, 3.63) is 42.4 Å². The summed E-state index contributed by atoms with van der Waals surface area (Å²) in [6.45, 7) is 3.04. The molecule has 2 rings (SSSR count). The number of nitrogens with one attached hydrogen (secondary N) is 1. The molecule has 86 valence electrons. The fourth-order valence-corrected chi connectivity index (χ4v) is 1.79. The molecule has 16 heavy (non-hydrogen) atoms. The second-order valence-corrected chi connectivity index (χ2v) is 4.12. The van der Waals surface area contributed by atoms with Crippen LogP contribution >= 0.6 is 0 Å². The van der Waals surface area contributed by atoms with Crippen LogP contribution in [0.4, 0.5) is 0 Å². The molecular weight excluding hydrogens is 200 g/mol. The minimum atomic E-state index is 0.309. The van der Waals surface area contributed by atoms with Crippen LogP contribution in [0.5, 0.6) is 0 Å². The van der Waals surface area contributed by atoms with Crippen molar-refractivity contribution in [2.24, 2.45) is 0 Å². The van der Waals surface area contributed by atoms with Crippen molar-refractivity contribution in [1.29, 1.82) is 0 Å². The maximum absolute atomic E-state index is 5.51. The molecule has 1 aromatic heterocycles. The molecule has 0 fully saturated rings. The Morgan fingerprint density at radius 1 is 1.62 bits per heavy atom. The Labute approximate surface area is 96.5 Å². The van der Waals surface area contributed by atoms with E-state index in [0.29, 0.717) is 12.1 Å². The van der Waals surface area contributed by atoms with Crippen LogP contribution in [-0.2, 0) is 4.74 Å². The van der Waals surface area contributed by atoms with Crippen LogP contribution < -0.4 is 5.32 Å². The molecule has 0 spiro atoms. The zero-order chi connectivity index (χ0) is 11.2. The molecule has 0 radical (unpaired) electrons. The summed E-state index contributed by atoms with van der Waals surface area (Å²) in [5.74, 6) is 0. The zero-order valence-electron chi connectivity index (χ0n) is 9.60. The Balaban J connectivity index is 1.79. The van der Waals surface area contributed by atoms with Gasteiger partial charge in [0.2, 0.25) is 0 Å². The van der Waals surface area contributed by atoms with Gasteiger partial charge >= 0.3 is 0 Å². The van der Waals surface area contributed by atoms with Crippen molar-refractivity contribution in [3.63, 3.8) is 0 Å². The van der Waals surface area contributed by atoms with Crippen molar-refractivity contribution in [2.45, 2.75) is 31.9 Å². The first-order valence-corrected chi connectivity index (χ1v) is 5.80. The van der Waals surface area contributed by atoms with Crippen LogP contribution in [0.15, 0.2) is 36.9 Å². The topological polar surface area (TPSA) is 34.1 Å². The minimum absolute atomic E-state index is 0.309. The molecule has 1 aliphatic rings. The summed E-state index contributed by atoms with van der Waals surface area (Å²) in [4.78, 5) is 4.12. The van der Waals surface area contributed by atoms with E-state index in [2.05, 4.69) is 29.4 Å². The maximum atomic E-state index is 5.51. The Morgan fingerprint density at radius 2 is 2.56 bits per heavy atom. The van der Waals surface area contributed by atoms with E-state index in [0.717, 1.165) is 19.4 Å². The number of hydrogen-bond donors (Lipinski definition) is 1. The number of rotatable bonds is 4. The summed E-state index contributed by atoms with van der Waals surface area (Å²) in [5.41, 5.74) is 1.22. The van der Waals surface area contributed by atoms with Gasteiger partial charge in [-0.05, 0) is 37.5 Å². The van der Waals surface area contributed by atoms with Gasteiger partial charge in [0.1, 0.15) is 6.10 Å². The first kappa shape index (κ1) is 11.1. The minimum Gasteiger partial charge on any atom is -0.497 e. The van der Waals surface area contributed by atoms with Gasteiger partial charge in [-0.25, -0.2) is 0 Å². The van der Waals surface area contributed by atoms with Gasteiger partial charge in [0, 0.05) is 25.0 Å². The van der Waals surface area contributed by atoms with Crippen LogP contribution in [0.3, 0.4) is 0 Å². The van der Waals surface area contributed by atoms with Gasteiger partial charge in [0.05, 0.1) is 6.26 Å². The molecule has 3 nitrogen and oxygen atoms in total. The zero-order valence-corrected chi connectivity index (χ0v) is 9.60. The highest BCUT2D eigenvalue weighted by molar-refractivity contribution is 5.12. The molecule has 3 heteroatoms. The third-order valence-electron chi connectivity index (χ3n) is 2.86. The van der Waals surface area contributed by atoms with Gasteiger partial charge in [0.15, 0.2) is 0 Å². The van der Waals surface area contributed by atoms with E-state index in [1.807, 2.05) is 18.5 Å². The number of allylic oxidation sites excluding steroid dienone is 1. The highest BCUT2D eigenvalue weighted by atomic mass is 16.5. The van der Waals surface area contributed by atoms with Gasteiger partial charge in [-0.3, -0.25) is 4.98 Å². The second kappa shape index (κ2) is 5.66. The van der Waals surface area contributed by atoms with Crippen molar-refractivity contribution in [2.75, 3.05) is 6.54 Å². The lowest BCUT2D eigenvalue weighted by atomic mass is 10.1. The summed E-state index contributed by atoms with van der Waals surface area (Å²) < 4.78 is 5.51. The quantitative estimate of drug-likeness (QED) is 0.842. The van der Waals surface area contributed by atoms with Crippen molar-refractivity contribution in [3.8, 4) is 0 Å². The summed E-state index contributed by atoms with van der Waals surface area (Å²) >= 11 is 0. The van der Waals surface area contributed by atoms with E-state index in [-0.39, 0.29) is 0 Å². The predicted molar refractivity (Wildman–Crippen MR) is 63.9 cm³/mol. The lowest BCUT2D eigenvalue weighted by molar-refractivity contribution is 0.120. The fourth-order valence-electron chi connectivity index (χ4n) is 1.79. The van der Waals surface area contributed by atoms with E-state index < -0.39 is 0 Å². The number of pyridine rings is 1. The third kappa shape index (κ3) is 3.07. The normalized spacial score (nSPS) is 21.4. The molecule has 2 heterocycles. The summed E-state index contributed by atoms with van der Waals surface area (Å²) in [7, 11) is 0. The second-order valence-electron chi connectivity index (χ2n) is 4.12. The van der Waals surface area contributed by atoms with Gasteiger partial charge in [0.25, 0.3) is 0 Å². The van der Waals surface area contributed by atoms with Crippen molar-refractivity contribution < 1.29 is 4.74 Å². The van der Waals surface area contributed by atoms with E-state index in [1.165, 1.54) is 5.56 Å². The molecule has 0 bridgehead atoms. The van der Waals surface area contributed by atoms with Crippen LogP contribution in [-0.4, -0.2) is 17.6 Å². The average molecular weight is 218 g/mol. The molecule has 0 aliphatic carbocycles.